The molecule has 0 N–H and O–H groups in total. The van der Waals surface area contributed by atoms with Gasteiger partial charge in [-0.1, -0.05) is 17.7 Å². The van der Waals surface area contributed by atoms with E-state index in [9.17, 15) is 13.2 Å². The number of halogens is 3. The van der Waals surface area contributed by atoms with Crippen LogP contribution in [0.2, 0.25) is 0 Å². The number of benzene rings is 1. The van der Waals surface area contributed by atoms with Gasteiger partial charge in [-0.25, -0.2) is 9.97 Å². The molecule has 1 aliphatic rings. The number of morpholine rings is 1. The van der Waals surface area contributed by atoms with Crippen LogP contribution in [0.3, 0.4) is 0 Å². The first-order valence-corrected chi connectivity index (χ1v) is 9.42. The lowest BCUT2D eigenvalue weighted by Gasteiger charge is -2.38. The van der Waals surface area contributed by atoms with Crippen molar-refractivity contribution in [2.24, 2.45) is 0 Å². The predicted molar refractivity (Wildman–Crippen MR) is 102 cm³/mol. The molecule has 158 valence electrons. The molecule has 8 nitrogen and oxygen atoms in total. The fraction of sp³-hybridized carbons (Fsp3) is 0.421. The molecule has 0 bridgehead atoms. The van der Waals surface area contributed by atoms with E-state index in [0.717, 1.165) is 11.8 Å². The molecule has 0 radical (unpaired) electrons. The molecular formula is C19H20F3N7O. The number of nitrogens with zero attached hydrogens (tertiary/aromatic N) is 7. The smallest absolute Gasteiger partial charge is 0.377 e. The minimum absolute atomic E-state index is 0.00346. The van der Waals surface area contributed by atoms with E-state index in [1.165, 1.54) is 4.68 Å². The first-order chi connectivity index (χ1) is 14.3. The zero-order valence-corrected chi connectivity index (χ0v) is 16.6. The summed E-state index contributed by atoms with van der Waals surface area (Å²) in [6.45, 7) is 6.41. The Morgan fingerprint density at radius 1 is 1.07 bits per heavy atom. The van der Waals surface area contributed by atoms with Crippen LogP contribution in [-0.4, -0.2) is 55.5 Å². The Morgan fingerprint density at radius 2 is 1.73 bits per heavy atom. The number of hydrogen-bond acceptors (Lipinski definition) is 7. The zero-order valence-electron chi connectivity index (χ0n) is 16.6. The second kappa shape index (κ2) is 7.63. The van der Waals surface area contributed by atoms with Gasteiger partial charge in [0.2, 0.25) is 5.95 Å². The van der Waals surface area contributed by atoms with E-state index in [-0.39, 0.29) is 29.4 Å². The van der Waals surface area contributed by atoms with Crippen LogP contribution < -0.4 is 4.90 Å². The van der Waals surface area contributed by atoms with Gasteiger partial charge in [-0.3, -0.25) is 0 Å². The maximum absolute atomic E-state index is 14.0. The van der Waals surface area contributed by atoms with Gasteiger partial charge in [0.1, 0.15) is 0 Å². The van der Waals surface area contributed by atoms with Crippen molar-refractivity contribution in [3.8, 4) is 17.1 Å². The minimum atomic E-state index is -4.71. The SMILES string of the molecule is Cc1ccc(-n2nnnc2-c2cnc(N3[C@@H](C)COC[C@@H]3C)nc2C(F)(F)F)cc1. The summed E-state index contributed by atoms with van der Waals surface area (Å²) in [5.41, 5.74) is 0.172. The standard InChI is InChI=1S/C19H20F3N7O/c1-11-4-6-14(7-5-11)29-17(25-26-27-29)15-8-23-18(24-16(15)19(20,21)22)28-12(2)9-30-10-13(28)3/h4-8,12-13H,9-10H2,1-3H3/t12-,13-/m0/s1. The van der Waals surface area contributed by atoms with E-state index in [2.05, 4.69) is 25.5 Å². The quantitative estimate of drug-likeness (QED) is 0.645. The van der Waals surface area contributed by atoms with E-state index in [0.29, 0.717) is 18.9 Å². The van der Waals surface area contributed by atoms with Gasteiger partial charge in [0.05, 0.1) is 36.5 Å². The van der Waals surface area contributed by atoms with Gasteiger partial charge in [-0.15, -0.1) is 5.10 Å². The highest BCUT2D eigenvalue weighted by Crippen LogP contribution is 2.36. The van der Waals surface area contributed by atoms with Crippen LogP contribution in [0.4, 0.5) is 19.1 Å². The van der Waals surface area contributed by atoms with Gasteiger partial charge >= 0.3 is 6.18 Å². The number of rotatable bonds is 3. The van der Waals surface area contributed by atoms with E-state index in [4.69, 9.17) is 4.74 Å². The number of anilines is 1. The Kier molecular flexibility index (Phi) is 5.14. The molecule has 1 saturated heterocycles. The fourth-order valence-electron chi connectivity index (χ4n) is 3.49. The van der Waals surface area contributed by atoms with Crippen LogP contribution in [0.15, 0.2) is 30.5 Å². The summed E-state index contributed by atoms with van der Waals surface area (Å²) in [7, 11) is 0. The minimum Gasteiger partial charge on any atom is -0.377 e. The molecule has 3 aromatic rings. The monoisotopic (exact) mass is 419 g/mol. The predicted octanol–water partition coefficient (Wildman–Crippen LogP) is 3.06. The molecule has 0 unspecified atom stereocenters. The van der Waals surface area contributed by atoms with E-state index in [1.807, 2.05) is 32.9 Å². The topological polar surface area (TPSA) is 81.9 Å². The van der Waals surface area contributed by atoms with Crippen molar-refractivity contribution in [2.75, 3.05) is 18.1 Å². The summed E-state index contributed by atoms with van der Waals surface area (Å²) in [6.07, 6.45) is -3.58. The lowest BCUT2D eigenvalue weighted by molar-refractivity contribution is -0.140. The van der Waals surface area contributed by atoms with E-state index >= 15 is 0 Å². The summed E-state index contributed by atoms with van der Waals surface area (Å²) >= 11 is 0. The van der Waals surface area contributed by atoms with Crippen LogP contribution in [-0.2, 0) is 10.9 Å². The third-order valence-electron chi connectivity index (χ3n) is 4.93. The highest BCUT2D eigenvalue weighted by atomic mass is 19.4. The number of alkyl halides is 3. The number of aromatic nitrogens is 6. The Bertz CT molecular complexity index is 1030. The third kappa shape index (κ3) is 3.72. The molecule has 0 amide bonds. The van der Waals surface area contributed by atoms with Crippen molar-refractivity contribution in [1.29, 1.82) is 0 Å². The van der Waals surface area contributed by atoms with E-state index in [1.54, 1.807) is 17.0 Å². The van der Waals surface area contributed by atoms with Crippen LogP contribution >= 0.6 is 0 Å². The van der Waals surface area contributed by atoms with Gasteiger partial charge in [0.15, 0.2) is 11.5 Å². The van der Waals surface area contributed by atoms with Gasteiger partial charge in [-0.2, -0.15) is 17.9 Å². The summed E-state index contributed by atoms with van der Waals surface area (Å²) < 4.78 is 48.6. The van der Waals surface area contributed by atoms with Gasteiger partial charge in [0, 0.05) is 6.20 Å². The molecule has 11 heteroatoms. The Balaban J connectivity index is 1.82. The van der Waals surface area contributed by atoms with E-state index < -0.39 is 11.9 Å². The molecular weight excluding hydrogens is 399 g/mol. The molecule has 0 saturated carbocycles. The molecule has 2 aromatic heterocycles. The van der Waals surface area contributed by atoms with Crippen LogP contribution in [0, 0.1) is 6.92 Å². The van der Waals surface area contributed by atoms with Crippen molar-refractivity contribution in [3.63, 3.8) is 0 Å². The maximum Gasteiger partial charge on any atom is 0.434 e. The molecule has 0 aliphatic carbocycles. The Morgan fingerprint density at radius 3 is 2.37 bits per heavy atom. The van der Waals surface area contributed by atoms with Crippen LogP contribution in [0.25, 0.3) is 17.1 Å². The second-order valence-electron chi connectivity index (χ2n) is 7.32. The van der Waals surface area contributed by atoms with Gasteiger partial charge < -0.3 is 9.64 Å². The second-order valence-corrected chi connectivity index (χ2v) is 7.32. The van der Waals surface area contributed by atoms with Crippen molar-refractivity contribution >= 4 is 5.95 Å². The van der Waals surface area contributed by atoms with Gasteiger partial charge in [0.25, 0.3) is 0 Å². The van der Waals surface area contributed by atoms with Crippen LogP contribution in [0.1, 0.15) is 25.1 Å². The molecule has 1 fully saturated rings. The first kappa shape index (κ1) is 20.2. The highest BCUT2D eigenvalue weighted by molar-refractivity contribution is 5.61. The number of aryl methyl sites for hydroxylation is 1. The normalized spacial score (nSPS) is 19.9. The molecule has 2 atom stereocenters. The number of hydrogen-bond donors (Lipinski definition) is 0. The van der Waals surface area contributed by atoms with Crippen molar-refractivity contribution < 1.29 is 17.9 Å². The molecule has 30 heavy (non-hydrogen) atoms. The summed E-state index contributed by atoms with van der Waals surface area (Å²) in [5.74, 6) is -0.0791. The molecule has 4 rings (SSSR count). The van der Waals surface area contributed by atoms with Crippen LogP contribution in [0.5, 0.6) is 0 Å². The molecule has 1 aliphatic heterocycles. The first-order valence-electron chi connectivity index (χ1n) is 9.42. The summed E-state index contributed by atoms with van der Waals surface area (Å²) in [6, 6.07) is 6.80. The lowest BCUT2D eigenvalue weighted by atomic mass is 10.1. The average molecular weight is 419 g/mol. The molecule has 3 heterocycles. The Hall–Kier alpha value is -3.08. The molecule has 0 spiro atoms. The summed E-state index contributed by atoms with van der Waals surface area (Å²) in [4.78, 5) is 9.87. The van der Waals surface area contributed by atoms with Gasteiger partial charge in [-0.05, 0) is 43.3 Å². The summed E-state index contributed by atoms with van der Waals surface area (Å²) in [5, 5.41) is 11.2. The third-order valence-corrected chi connectivity index (χ3v) is 4.93. The molecule has 1 aromatic carbocycles. The lowest BCUT2D eigenvalue weighted by Crippen LogP contribution is -2.50. The highest BCUT2D eigenvalue weighted by Gasteiger charge is 2.39. The fourth-order valence-corrected chi connectivity index (χ4v) is 3.49. The maximum atomic E-state index is 14.0. The number of ether oxygens (including phenoxy) is 1. The van der Waals surface area contributed by atoms with Crippen molar-refractivity contribution in [3.05, 3.63) is 41.7 Å². The van der Waals surface area contributed by atoms with Crippen molar-refractivity contribution in [1.82, 2.24) is 30.2 Å². The Labute approximate surface area is 170 Å². The number of tetrazole rings is 1. The average Bonchev–Trinajstić information content (AvgIpc) is 3.17. The largest absolute Gasteiger partial charge is 0.434 e. The zero-order chi connectivity index (χ0) is 21.5. The van der Waals surface area contributed by atoms with Crippen molar-refractivity contribution in [2.45, 2.75) is 39.0 Å².